The van der Waals surface area contributed by atoms with Crippen LogP contribution in [0.2, 0.25) is 5.02 Å². The molecule has 0 bridgehead atoms. The van der Waals surface area contributed by atoms with Gasteiger partial charge < -0.3 is 15.0 Å². The van der Waals surface area contributed by atoms with Gasteiger partial charge in [0.05, 0.1) is 0 Å². The lowest BCUT2D eigenvalue weighted by atomic mass is 10.1. The van der Waals surface area contributed by atoms with Crippen LogP contribution in [0.4, 0.5) is 0 Å². The van der Waals surface area contributed by atoms with Crippen LogP contribution in [0.1, 0.15) is 18.0 Å². The lowest BCUT2D eigenvalue weighted by Crippen LogP contribution is -2.34. The topological polar surface area (TPSA) is 71.3 Å². The van der Waals surface area contributed by atoms with Crippen LogP contribution in [-0.4, -0.2) is 21.6 Å². The summed E-state index contributed by atoms with van der Waals surface area (Å²) in [6, 6.07) is 15.1. The number of carbonyl (C=O) groups excluding carboxylic acids is 1. The second-order valence-corrected chi connectivity index (χ2v) is 6.15. The third kappa shape index (κ3) is 4.00. The van der Waals surface area contributed by atoms with Crippen molar-refractivity contribution in [2.45, 2.75) is 19.0 Å². The van der Waals surface area contributed by atoms with Gasteiger partial charge in [0, 0.05) is 29.7 Å². The summed E-state index contributed by atoms with van der Waals surface area (Å²) in [5.41, 5.74) is 1.49. The fourth-order valence-electron chi connectivity index (χ4n) is 2.74. The predicted molar refractivity (Wildman–Crippen MR) is 96.5 cm³/mol. The summed E-state index contributed by atoms with van der Waals surface area (Å²) < 4.78 is 1.93. The van der Waals surface area contributed by atoms with E-state index in [0.29, 0.717) is 17.1 Å². The Kier molecular flexibility index (Phi) is 5.05. The van der Waals surface area contributed by atoms with Gasteiger partial charge in [-0.05, 0) is 29.1 Å². The van der Waals surface area contributed by atoms with E-state index in [1.54, 1.807) is 30.3 Å². The minimum Gasteiger partial charge on any atom is -0.479 e. The van der Waals surface area contributed by atoms with E-state index in [0.717, 1.165) is 10.9 Å². The molecule has 6 heteroatoms. The highest BCUT2D eigenvalue weighted by atomic mass is 35.5. The van der Waals surface area contributed by atoms with Crippen molar-refractivity contribution < 1.29 is 14.7 Å². The van der Waals surface area contributed by atoms with Gasteiger partial charge in [-0.3, -0.25) is 4.79 Å². The number of carboxylic acid groups (broad SMARTS) is 1. The molecule has 0 spiro atoms. The highest BCUT2D eigenvalue weighted by Crippen LogP contribution is 2.21. The van der Waals surface area contributed by atoms with E-state index in [2.05, 4.69) is 5.32 Å². The van der Waals surface area contributed by atoms with E-state index in [9.17, 15) is 14.7 Å². The number of nitrogens with one attached hydrogen (secondary N) is 1. The number of hydrogen-bond acceptors (Lipinski definition) is 2. The Labute approximate surface area is 149 Å². The molecule has 0 saturated carbocycles. The van der Waals surface area contributed by atoms with Gasteiger partial charge in [0.1, 0.15) is 0 Å². The Balaban J connectivity index is 1.67. The molecule has 1 atom stereocenters. The molecule has 2 aromatic carbocycles. The Morgan fingerprint density at radius 2 is 1.88 bits per heavy atom. The molecule has 1 aromatic heterocycles. The van der Waals surface area contributed by atoms with E-state index in [1.807, 2.05) is 35.0 Å². The van der Waals surface area contributed by atoms with E-state index < -0.39 is 12.0 Å². The summed E-state index contributed by atoms with van der Waals surface area (Å²) in [5, 5.41) is 13.6. The van der Waals surface area contributed by atoms with Crippen molar-refractivity contribution in [3.05, 3.63) is 71.4 Å². The Bertz CT molecular complexity index is 905. The molecule has 1 heterocycles. The van der Waals surface area contributed by atoms with Crippen molar-refractivity contribution in [1.29, 1.82) is 0 Å². The smallest absolute Gasteiger partial charge is 0.330 e. The van der Waals surface area contributed by atoms with E-state index in [-0.39, 0.29) is 12.3 Å². The molecule has 25 heavy (non-hydrogen) atoms. The van der Waals surface area contributed by atoms with Gasteiger partial charge in [-0.15, -0.1) is 0 Å². The molecule has 0 aliphatic rings. The average Bonchev–Trinajstić information content (AvgIpc) is 3.00. The predicted octanol–water partition coefficient (Wildman–Crippen LogP) is 3.63. The molecule has 1 amide bonds. The van der Waals surface area contributed by atoms with Crippen molar-refractivity contribution >= 4 is 34.4 Å². The number of rotatable bonds is 6. The number of halogens is 1. The fraction of sp³-hybridized carbons (Fsp3) is 0.158. The highest BCUT2D eigenvalue weighted by molar-refractivity contribution is 6.31. The first-order valence-electron chi connectivity index (χ1n) is 7.86. The molecule has 0 radical (unpaired) electrons. The van der Waals surface area contributed by atoms with Crippen LogP contribution in [0.25, 0.3) is 10.9 Å². The number of aliphatic carboxylic acids is 1. The summed E-state index contributed by atoms with van der Waals surface area (Å²) in [7, 11) is 0. The Morgan fingerprint density at radius 3 is 2.60 bits per heavy atom. The maximum absolute atomic E-state index is 12.2. The van der Waals surface area contributed by atoms with Crippen molar-refractivity contribution in [2.24, 2.45) is 0 Å². The summed E-state index contributed by atoms with van der Waals surface area (Å²) in [4.78, 5) is 23.7. The molecule has 0 saturated heterocycles. The number of carboxylic acids is 1. The second kappa shape index (κ2) is 7.40. The molecule has 1 unspecified atom stereocenters. The van der Waals surface area contributed by atoms with Gasteiger partial charge in [-0.25, -0.2) is 4.79 Å². The first kappa shape index (κ1) is 17.0. The van der Waals surface area contributed by atoms with E-state index in [4.69, 9.17) is 11.6 Å². The van der Waals surface area contributed by atoms with Crippen LogP contribution in [0, 0.1) is 0 Å². The molecule has 3 aromatic rings. The van der Waals surface area contributed by atoms with Crippen LogP contribution in [0.15, 0.2) is 60.8 Å². The van der Waals surface area contributed by atoms with E-state index >= 15 is 0 Å². The summed E-state index contributed by atoms with van der Waals surface area (Å²) in [6.45, 7) is 0.441. The number of fused-ring (bicyclic) bond motifs is 1. The van der Waals surface area contributed by atoms with Gasteiger partial charge in [-0.2, -0.15) is 0 Å². The average molecular weight is 357 g/mol. The zero-order valence-corrected chi connectivity index (χ0v) is 14.1. The summed E-state index contributed by atoms with van der Waals surface area (Å²) in [6.07, 6.45) is 2.06. The number of carbonyl (C=O) groups is 2. The van der Waals surface area contributed by atoms with Crippen LogP contribution in [0.5, 0.6) is 0 Å². The Hall–Kier alpha value is -2.79. The lowest BCUT2D eigenvalue weighted by Gasteiger charge is -2.15. The standard InChI is InChI=1S/C19H17ClN2O3/c20-15-7-6-13-8-10-22(16(13)12-15)11-9-17(23)21-18(19(24)25)14-4-2-1-3-5-14/h1-8,10,12,18H,9,11H2,(H,21,23)(H,24,25). The van der Waals surface area contributed by atoms with Crippen LogP contribution < -0.4 is 5.32 Å². The first-order chi connectivity index (χ1) is 12.0. The molecular weight excluding hydrogens is 340 g/mol. The largest absolute Gasteiger partial charge is 0.479 e. The maximum atomic E-state index is 12.2. The molecular formula is C19H17ClN2O3. The lowest BCUT2D eigenvalue weighted by molar-refractivity contribution is -0.142. The van der Waals surface area contributed by atoms with Crippen LogP contribution in [-0.2, 0) is 16.1 Å². The SMILES string of the molecule is O=C(CCn1ccc2ccc(Cl)cc21)NC(C(=O)O)c1ccccc1. The quantitative estimate of drug-likeness (QED) is 0.708. The van der Waals surface area contributed by atoms with E-state index in [1.165, 1.54) is 0 Å². The number of aryl methyl sites for hydroxylation is 1. The first-order valence-corrected chi connectivity index (χ1v) is 8.24. The van der Waals surface area contributed by atoms with Gasteiger partial charge >= 0.3 is 5.97 Å². The number of amides is 1. The van der Waals surface area contributed by atoms with Crippen LogP contribution >= 0.6 is 11.6 Å². The normalized spacial score (nSPS) is 12.0. The van der Waals surface area contributed by atoms with Crippen molar-refractivity contribution in [1.82, 2.24) is 9.88 Å². The van der Waals surface area contributed by atoms with Crippen LogP contribution in [0.3, 0.4) is 0 Å². The number of benzene rings is 2. The minimum atomic E-state index is -1.09. The van der Waals surface area contributed by atoms with Crippen molar-refractivity contribution in [3.8, 4) is 0 Å². The second-order valence-electron chi connectivity index (χ2n) is 5.71. The fourth-order valence-corrected chi connectivity index (χ4v) is 2.91. The van der Waals surface area contributed by atoms with Crippen molar-refractivity contribution in [2.75, 3.05) is 0 Å². The van der Waals surface area contributed by atoms with Crippen molar-refractivity contribution in [3.63, 3.8) is 0 Å². The van der Waals surface area contributed by atoms with Gasteiger partial charge in [0.2, 0.25) is 5.91 Å². The molecule has 5 nitrogen and oxygen atoms in total. The van der Waals surface area contributed by atoms with Gasteiger partial charge in [0.25, 0.3) is 0 Å². The molecule has 2 N–H and O–H groups in total. The number of aromatic nitrogens is 1. The molecule has 128 valence electrons. The van der Waals surface area contributed by atoms with Gasteiger partial charge in [0.15, 0.2) is 6.04 Å². The number of nitrogens with zero attached hydrogens (tertiary/aromatic N) is 1. The maximum Gasteiger partial charge on any atom is 0.330 e. The third-order valence-corrected chi connectivity index (χ3v) is 4.24. The summed E-state index contributed by atoms with van der Waals surface area (Å²) >= 11 is 6.02. The third-order valence-electron chi connectivity index (χ3n) is 4.00. The minimum absolute atomic E-state index is 0.174. The molecule has 3 rings (SSSR count). The monoisotopic (exact) mass is 356 g/mol. The summed E-state index contributed by atoms with van der Waals surface area (Å²) in [5.74, 6) is -1.40. The van der Waals surface area contributed by atoms with Gasteiger partial charge in [-0.1, -0.05) is 48.0 Å². The zero-order chi connectivity index (χ0) is 17.8. The molecule has 0 aliphatic carbocycles. The Morgan fingerprint density at radius 1 is 1.12 bits per heavy atom. The highest BCUT2D eigenvalue weighted by Gasteiger charge is 2.21. The molecule has 0 fully saturated rings. The zero-order valence-electron chi connectivity index (χ0n) is 13.4. The number of hydrogen-bond donors (Lipinski definition) is 2. The molecule has 0 aliphatic heterocycles.